The topological polar surface area (TPSA) is 93.7 Å². The average molecular weight is 519 g/mol. The Labute approximate surface area is 195 Å². The molecule has 0 aliphatic heterocycles. The molecule has 32 heavy (non-hydrogen) atoms. The Morgan fingerprint density at radius 1 is 0.875 bits per heavy atom. The highest BCUT2D eigenvalue weighted by atomic mass is 79.9. The van der Waals surface area contributed by atoms with Crippen LogP contribution in [0.15, 0.2) is 76.1 Å². The summed E-state index contributed by atoms with van der Waals surface area (Å²) in [5.41, 5.74) is 1.92. The van der Waals surface area contributed by atoms with Crippen LogP contribution in [0, 0.1) is 0 Å². The number of hydrogen-bond acceptors (Lipinski definition) is 5. The van der Waals surface area contributed by atoms with Crippen molar-refractivity contribution in [2.75, 3.05) is 24.3 Å². The monoisotopic (exact) mass is 518 g/mol. The van der Waals surface area contributed by atoms with E-state index in [1.54, 1.807) is 56.7 Å². The highest BCUT2D eigenvalue weighted by molar-refractivity contribution is 9.10. The van der Waals surface area contributed by atoms with Crippen molar-refractivity contribution in [2.24, 2.45) is 0 Å². The zero-order valence-electron chi connectivity index (χ0n) is 17.6. The largest absolute Gasteiger partial charge is 0.493 e. The van der Waals surface area contributed by atoms with E-state index in [0.717, 1.165) is 10.0 Å². The van der Waals surface area contributed by atoms with E-state index in [1.165, 1.54) is 12.1 Å². The Kier molecular flexibility index (Phi) is 7.76. The van der Waals surface area contributed by atoms with Gasteiger partial charge in [-0.05, 0) is 72.6 Å². The predicted octanol–water partition coefficient (Wildman–Crippen LogP) is 4.84. The van der Waals surface area contributed by atoms with Gasteiger partial charge in [-0.1, -0.05) is 22.0 Å². The van der Waals surface area contributed by atoms with E-state index >= 15 is 0 Å². The quantitative estimate of drug-likeness (QED) is 0.422. The van der Waals surface area contributed by atoms with Crippen molar-refractivity contribution in [1.82, 2.24) is 0 Å². The lowest BCUT2D eigenvalue weighted by atomic mass is 10.1. The Bertz CT molecular complexity index is 1180. The lowest BCUT2D eigenvalue weighted by molar-refractivity contribution is -0.116. The molecule has 0 saturated heterocycles. The first-order valence-electron chi connectivity index (χ1n) is 9.70. The second-order valence-corrected chi connectivity index (χ2v) is 9.47. The molecule has 0 unspecified atom stereocenters. The fourth-order valence-electron chi connectivity index (χ4n) is 2.97. The second-order valence-electron chi connectivity index (χ2n) is 6.87. The summed E-state index contributed by atoms with van der Waals surface area (Å²) in [4.78, 5) is 12.4. The standard InChI is InChI=1S/C23H23BrN2O5S/c1-30-21-13-3-16(15-22(21)31-2)4-14-23(27)25-18-9-11-20(12-10-18)32(28,29)26-19-7-5-17(24)6-8-19/h3,5-13,15,26H,4,14H2,1-2H3,(H,25,27). The van der Waals surface area contributed by atoms with E-state index in [1.807, 2.05) is 12.1 Å². The molecule has 0 radical (unpaired) electrons. The van der Waals surface area contributed by atoms with Gasteiger partial charge in [-0.25, -0.2) is 8.42 Å². The number of carbonyl (C=O) groups excluding carboxylic acids is 1. The van der Waals surface area contributed by atoms with Crippen molar-refractivity contribution in [2.45, 2.75) is 17.7 Å². The summed E-state index contributed by atoms with van der Waals surface area (Å²) in [5, 5.41) is 2.78. The van der Waals surface area contributed by atoms with Gasteiger partial charge in [0.15, 0.2) is 11.5 Å². The fraction of sp³-hybridized carbons (Fsp3) is 0.174. The van der Waals surface area contributed by atoms with Crippen molar-refractivity contribution in [1.29, 1.82) is 0 Å². The van der Waals surface area contributed by atoms with Crippen LogP contribution in [0.1, 0.15) is 12.0 Å². The number of carbonyl (C=O) groups is 1. The summed E-state index contributed by atoms with van der Waals surface area (Å²) in [7, 11) is -0.600. The zero-order valence-corrected chi connectivity index (χ0v) is 20.0. The number of anilines is 2. The molecule has 1 amide bonds. The maximum atomic E-state index is 12.5. The Morgan fingerprint density at radius 3 is 2.12 bits per heavy atom. The van der Waals surface area contributed by atoms with E-state index < -0.39 is 10.0 Å². The van der Waals surface area contributed by atoms with Crippen molar-refractivity contribution >= 4 is 43.2 Å². The number of nitrogens with one attached hydrogen (secondary N) is 2. The molecule has 168 valence electrons. The number of halogens is 1. The van der Waals surface area contributed by atoms with E-state index in [9.17, 15) is 13.2 Å². The molecule has 0 atom stereocenters. The first-order valence-corrected chi connectivity index (χ1v) is 12.0. The molecule has 0 aliphatic rings. The van der Waals surface area contributed by atoms with Crippen LogP contribution in [0.5, 0.6) is 11.5 Å². The number of aryl methyl sites for hydroxylation is 1. The van der Waals surface area contributed by atoms with Crippen LogP contribution in [-0.4, -0.2) is 28.5 Å². The number of rotatable bonds is 9. The van der Waals surface area contributed by atoms with Crippen LogP contribution in [0.4, 0.5) is 11.4 Å². The maximum Gasteiger partial charge on any atom is 0.261 e. The third-order valence-electron chi connectivity index (χ3n) is 4.63. The van der Waals surface area contributed by atoms with Gasteiger partial charge in [0.25, 0.3) is 10.0 Å². The highest BCUT2D eigenvalue weighted by Crippen LogP contribution is 2.28. The van der Waals surface area contributed by atoms with Crippen molar-refractivity contribution in [3.63, 3.8) is 0 Å². The lowest BCUT2D eigenvalue weighted by Crippen LogP contribution is -2.14. The number of ether oxygens (including phenoxy) is 2. The van der Waals surface area contributed by atoms with Gasteiger partial charge >= 0.3 is 0 Å². The number of hydrogen-bond donors (Lipinski definition) is 2. The Hall–Kier alpha value is -3.04. The van der Waals surface area contributed by atoms with Gasteiger partial charge in [-0.3, -0.25) is 9.52 Å². The molecule has 0 aliphatic carbocycles. The fourth-order valence-corrected chi connectivity index (χ4v) is 4.29. The molecule has 0 bridgehead atoms. The summed E-state index contributed by atoms with van der Waals surface area (Å²) in [6.45, 7) is 0. The lowest BCUT2D eigenvalue weighted by Gasteiger charge is -2.11. The first-order chi connectivity index (χ1) is 15.3. The SMILES string of the molecule is COc1ccc(CCC(=O)Nc2ccc(S(=O)(=O)Nc3ccc(Br)cc3)cc2)cc1OC. The van der Waals surface area contributed by atoms with Gasteiger partial charge in [-0.15, -0.1) is 0 Å². The number of benzene rings is 3. The van der Waals surface area contributed by atoms with Crippen LogP contribution in [0.3, 0.4) is 0 Å². The van der Waals surface area contributed by atoms with Crippen LogP contribution in [0.25, 0.3) is 0 Å². The van der Waals surface area contributed by atoms with Gasteiger partial charge in [0, 0.05) is 22.3 Å². The summed E-state index contributed by atoms with van der Waals surface area (Å²) >= 11 is 3.31. The molecule has 9 heteroatoms. The number of methoxy groups -OCH3 is 2. The molecule has 7 nitrogen and oxygen atoms in total. The molecular weight excluding hydrogens is 496 g/mol. The third-order valence-corrected chi connectivity index (χ3v) is 6.56. The van der Waals surface area contributed by atoms with Gasteiger partial charge in [0.1, 0.15) is 0 Å². The van der Waals surface area contributed by atoms with E-state index in [2.05, 4.69) is 26.0 Å². The van der Waals surface area contributed by atoms with Crippen molar-refractivity contribution in [3.8, 4) is 11.5 Å². The van der Waals surface area contributed by atoms with Crippen LogP contribution in [0.2, 0.25) is 0 Å². The summed E-state index contributed by atoms with van der Waals surface area (Å²) in [5.74, 6) is 1.06. The molecular formula is C23H23BrN2O5S. The minimum atomic E-state index is -3.73. The van der Waals surface area contributed by atoms with E-state index in [4.69, 9.17) is 9.47 Å². The molecule has 0 fully saturated rings. The summed E-state index contributed by atoms with van der Waals surface area (Å²) < 4.78 is 39.0. The molecule has 3 rings (SSSR count). The van der Waals surface area contributed by atoms with Gasteiger partial charge in [0.05, 0.1) is 19.1 Å². The molecule has 3 aromatic carbocycles. The van der Waals surface area contributed by atoms with Crippen LogP contribution in [-0.2, 0) is 21.2 Å². The maximum absolute atomic E-state index is 12.5. The van der Waals surface area contributed by atoms with Crippen molar-refractivity contribution in [3.05, 3.63) is 76.8 Å². The number of sulfonamides is 1. The van der Waals surface area contributed by atoms with Crippen LogP contribution >= 0.6 is 15.9 Å². The van der Waals surface area contributed by atoms with E-state index in [-0.39, 0.29) is 17.2 Å². The molecule has 0 saturated carbocycles. The van der Waals surface area contributed by atoms with E-state index in [0.29, 0.717) is 29.3 Å². The second kappa shape index (κ2) is 10.5. The molecule has 0 aromatic heterocycles. The Morgan fingerprint density at radius 2 is 1.50 bits per heavy atom. The molecule has 2 N–H and O–H groups in total. The predicted molar refractivity (Wildman–Crippen MR) is 128 cm³/mol. The minimum absolute atomic E-state index is 0.101. The zero-order chi connectivity index (χ0) is 23.1. The third kappa shape index (κ3) is 6.24. The van der Waals surface area contributed by atoms with Crippen LogP contribution < -0.4 is 19.5 Å². The van der Waals surface area contributed by atoms with Gasteiger partial charge in [0.2, 0.25) is 5.91 Å². The smallest absolute Gasteiger partial charge is 0.261 e. The summed E-state index contributed by atoms with van der Waals surface area (Å²) in [6, 6.07) is 18.4. The first kappa shape index (κ1) is 23.6. The molecule has 0 heterocycles. The molecule has 0 spiro atoms. The Balaban J connectivity index is 1.58. The average Bonchev–Trinajstić information content (AvgIpc) is 2.79. The minimum Gasteiger partial charge on any atom is -0.493 e. The van der Waals surface area contributed by atoms with Gasteiger partial charge in [-0.2, -0.15) is 0 Å². The molecule has 3 aromatic rings. The highest BCUT2D eigenvalue weighted by Gasteiger charge is 2.14. The number of amides is 1. The summed E-state index contributed by atoms with van der Waals surface area (Å²) in [6.07, 6.45) is 0.788. The van der Waals surface area contributed by atoms with Gasteiger partial charge < -0.3 is 14.8 Å². The normalized spacial score (nSPS) is 11.0. The van der Waals surface area contributed by atoms with Crippen molar-refractivity contribution < 1.29 is 22.7 Å².